The largest absolute Gasteiger partial charge is 0.490 e. The van der Waals surface area contributed by atoms with Gasteiger partial charge < -0.3 is 14.8 Å². The molecule has 0 radical (unpaired) electrons. The third-order valence-corrected chi connectivity index (χ3v) is 5.37. The molecular formula is C26H22ClFN2O4. The van der Waals surface area contributed by atoms with E-state index in [4.69, 9.17) is 21.1 Å². The highest BCUT2D eigenvalue weighted by Crippen LogP contribution is 2.38. The maximum Gasteiger partial charge on any atom is 0.329 e. The van der Waals surface area contributed by atoms with E-state index >= 15 is 0 Å². The predicted molar refractivity (Wildman–Crippen MR) is 127 cm³/mol. The minimum atomic E-state index is -0.556. The summed E-state index contributed by atoms with van der Waals surface area (Å²) in [5, 5.41) is 2.89. The normalized spacial score (nSPS) is 14.4. The number of ether oxygens (including phenoxy) is 2. The zero-order valence-corrected chi connectivity index (χ0v) is 19.1. The summed E-state index contributed by atoms with van der Waals surface area (Å²) in [5.74, 6) is -0.0560. The molecule has 1 N–H and O–H groups in total. The number of nitrogens with one attached hydrogen (secondary N) is 1. The van der Waals surface area contributed by atoms with Crippen molar-refractivity contribution in [2.24, 2.45) is 0 Å². The van der Waals surface area contributed by atoms with E-state index in [1.165, 1.54) is 30.3 Å². The first-order valence-corrected chi connectivity index (χ1v) is 11.0. The minimum Gasteiger partial charge on any atom is -0.490 e. The van der Waals surface area contributed by atoms with Crippen molar-refractivity contribution >= 4 is 29.6 Å². The Morgan fingerprint density at radius 1 is 1.00 bits per heavy atom. The fourth-order valence-electron chi connectivity index (χ4n) is 3.46. The second-order valence-electron chi connectivity index (χ2n) is 7.54. The Morgan fingerprint density at radius 3 is 2.44 bits per heavy atom. The van der Waals surface area contributed by atoms with Crippen LogP contribution in [0.4, 0.5) is 9.18 Å². The van der Waals surface area contributed by atoms with Gasteiger partial charge in [0.1, 0.15) is 18.1 Å². The van der Waals surface area contributed by atoms with Crippen LogP contribution in [0.5, 0.6) is 11.5 Å². The van der Waals surface area contributed by atoms with Gasteiger partial charge >= 0.3 is 6.03 Å². The fourth-order valence-corrected chi connectivity index (χ4v) is 3.73. The number of rotatable bonds is 8. The number of nitrogens with zero attached hydrogens (tertiary/aromatic N) is 1. The van der Waals surface area contributed by atoms with Crippen LogP contribution in [0.1, 0.15) is 23.6 Å². The topological polar surface area (TPSA) is 67.9 Å². The van der Waals surface area contributed by atoms with Crippen LogP contribution in [0, 0.1) is 5.82 Å². The molecule has 0 saturated carbocycles. The Labute approximate surface area is 201 Å². The third-order valence-electron chi connectivity index (χ3n) is 5.08. The van der Waals surface area contributed by atoms with E-state index in [0.29, 0.717) is 40.9 Å². The fraction of sp³-hybridized carbons (Fsp3) is 0.154. The van der Waals surface area contributed by atoms with E-state index in [1.54, 1.807) is 12.1 Å². The molecule has 0 unspecified atom stereocenters. The Kier molecular flexibility index (Phi) is 7.13. The molecule has 0 aromatic heterocycles. The summed E-state index contributed by atoms with van der Waals surface area (Å²) in [6.07, 6.45) is 1.53. The SMILES string of the molecule is CCOc1cc(/C=C2/NC(=O)N(Cc3ccc(F)cc3)C2=O)cc(Cl)c1OCc1ccccc1. The van der Waals surface area contributed by atoms with E-state index in [2.05, 4.69) is 5.32 Å². The molecule has 4 rings (SSSR count). The lowest BCUT2D eigenvalue weighted by Gasteiger charge is -2.15. The number of halogens is 2. The maximum absolute atomic E-state index is 13.1. The molecule has 6 nitrogen and oxygen atoms in total. The van der Waals surface area contributed by atoms with Gasteiger partial charge in [-0.25, -0.2) is 9.18 Å². The average molecular weight is 481 g/mol. The lowest BCUT2D eigenvalue weighted by molar-refractivity contribution is -0.123. The molecule has 1 aliphatic rings. The van der Waals surface area contributed by atoms with Crippen LogP contribution in [-0.4, -0.2) is 23.4 Å². The number of imide groups is 1. The van der Waals surface area contributed by atoms with Crippen LogP contribution in [0.2, 0.25) is 5.02 Å². The van der Waals surface area contributed by atoms with E-state index < -0.39 is 11.9 Å². The highest BCUT2D eigenvalue weighted by Gasteiger charge is 2.33. The van der Waals surface area contributed by atoms with Gasteiger partial charge in [-0.1, -0.05) is 54.1 Å². The predicted octanol–water partition coefficient (Wildman–Crippen LogP) is 5.55. The van der Waals surface area contributed by atoms with Gasteiger partial charge in [-0.3, -0.25) is 9.69 Å². The summed E-state index contributed by atoms with van der Waals surface area (Å²) in [5.41, 5.74) is 2.27. The van der Waals surface area contributed by atoms with Gasteiger partial charge in [0.15, 0.2) is 11.5 Å². The first-order chi connectivity index (χ1) is 16.4. The van der Waals surface area contributed by atoms with Gasteiger partial charge in [-0.2, -0.15) is 0 Å². The molecule has 1 heterocycles. The van der Waals surface area contributed by atoms with Crippen molar-refractivity contribution in [3.63, 3.8) is 0 Å². The first kappa shape index (κ1) is 23.3. The van der Waals surface area contributed by atoms with Crippen molar-refractivity contribution in [1.82, 2.24) is 10.2 Å². The van der Waals surface area contributed by atoms with Crippen molar-refractivity contribution in [3.8, 4) is 11.5 Å². The van der Waals surface area contributed by atoms with Crippen molar-refractivity contribution in [2.75, 3.05) is 6.61 Å². The molecule has 0 aliphatic carbocycles. The monoisotopic (exact) mass is 480 g/mol. The molecule has 3 aromatic carbocycles. The van der Waals surface area contributed by atoms with Crippen LogP contribution in [0.25, 0.3) is 6.08 Å². The molecule has 0 spiro atoms. The maximum atomic E-state index is 13.1. The summed E-state index contributed by atoms with van der Waals surface area (Å²) in [7, 11) is 0. The van der Waals surface area contributed by atoms with Crippen LogP contribution in [0.3, 0.4) is 0 Å². The summed E-state index contributed by atoms with van der Waals surface area (Å²) < 4.78 is 24.8. The number of carbonyl (C=O) groups is 2. The Bertz CT molecular complexity index is 1230. The number of hydrogen-bond acceptors (Lipinski definition) is 4. The van der Waals surface area contributed by atoms with Crippen LogP contribution < -0.4 is 14.8 Å². The van der Waals surface area contributed by atoms with Crippen molar-refractivity contribution in [1.29, 1.82) is 0 Å². The van der Waals surface area contributed by atoms with Crippen LogP contribution in [-0.2, 0) is 17.9 Å². The standard InChI is InChI=1S/C26H22ClFN2O4/c1-2-33-23-14-19(12-21(27)24(23)34-16-18-6-4-3-5-7-18)13-22-25(31)30(26(32)29-22)15-17-8-10-20(28)11-9-17/h3-14H,2,15-16H2,1H3,(H,29,32)/b22-13+. The lowest BCUT2D eigenvalue weighted by Crippen LogP contribution is -2.30. The zero-order valence-electron chi connectivity index (χ0n) is 18.4. The molecule has 174 valence electrons. The van der Waals surface area contributed by atoms with Gasteiger partial charge in [0.2, 0.25) is 0 Å². The molecule has 0 atom stereocenters. The molecule has 1 aliphatic heterocycles. The lowest BCUT2D eigenvalue weighted by atomic mass is 10.1. The van der Waals surface area contributed by atoms with Crippen LogP contribution >= 0.6 is 11.6 Å². The molecule has 34 heavy (non-hydrogen) atoms. The Balaban J connectivity index is 1.55. The molecule has 1 fully saturated rings. The molecule has 3 aromatic rings. The average Bonchev–Trinajstić information content (AvgIpc) is 3.08. The molecule has 1 saturated heterocycles. The van der Waals surface area contributed by atoms with Crippen molar-refractivity contribution in [3.05, 3.63) is 100.0 Å². The summed E-state index contributed by atoms with van der Waals surface area (Å²) >= 11 is 6.49. The molecule has 0 bridgehead atoms. The van der Waals surface area contributed by atoms with Crippen molar-refractivity contribution < 1.29 is 23.5 Å². The quantitative estimate of drug-likeness (QED) is 0.339. The Morgan fingerprint density at radius 2 is 1.74 bits per heavy atom. The highest BCUT2D eigenvalue weighted by atomic mass is 35.5. The van der Waals surface area contributed by atoms with Gasteiger partial charge in [-0.15, -0.1) is 0 Å². The second-order valence-corrected chi connectivity index (χ2v) is 7.95. The smallest absolute Gasteiger partial charge is 0.329 e. The van der Waals surface area contributed by atoms with Crippen LogP contribution in [0.15, 0.2) is 72.4 Å². The molecule has 8 heteroatoms. The second kappa shape index (κ2) is 10.4. The summed E-state index contributed by atoms with van der Waals surface area (Å²) in [4.78, 5) is 26.3. The number of carbonyl (C=O) groups excluding carboxylic acids is 2. The zero-order chi connectivity index (χ0) is 24.1. The number of hydrogen-bond donors (Lipinski definition) is 1. The van der Waals surface area contributed by atoms with E-state index in [1.807, 2.05) is 37.3 Å². The number of benzene rings is 3. The highest BCUT2D eigenvalue weighted by molar-refractivity contribution is 6.32. The van der Waals surface area contributed by atoms with E-state index in [-0.39, 0.29) is 18.1 Å². The van der Waals surface area contributed by atoms with Gasteiger partial charge in [0.25, 0.3) is 5.91 Å². The number of urea groups is 1. The van der Waals surface area contributed by atoms with E-state index in [0.717, 1.165) is 10.5 Å². The Hall–Kier alpha value is -3.84. The summed E-state index contributed by atoms with van der Waals surface area (Å²) in [6, 6.07) is 18.1. The molecule has 3 amide bonds. The third kappa shape index (κ3) is 5.38. The first-order valence-electron chi connectivity index (χ1n) is 10.7. The minimum absolute atomic E-state index is 0.0273. The van der Waals surface area contributed by atoms with Gasteiger partial charge in [0, 0.05) is 0 Å². The summed E-state index contributed by atoms with van der Waals surface area (Å²) in [6.45, 7) is 2.57. The van der Waals surface area contributed by atoms with Gasteiger partial charge in [0.05, 0.1) is 18.2 Å². The van der Waals surface area contributed by atoms with Crippen molar-refractivity contribution in [2.45, 2.75) is 20.1 Å². The van der Waals surface area contributed by atoms with E-state index in [9.17, 15) is 14.0 Å². The number of amides is 3. The van der Waals surface area contributed by atoms with Gasteiger partial charge in [-0.05, 0) is 54.0 Å². The molecular weight excluding hydrogens is 459 g/mol.